The molecule has 0 aliphatic carbocycles. The van der Waals surface area contributed by atoms with Crippen LogP contribution in [0.5, 0.6) is 0 Å². The van der Waals surface area contributed by atoms with Gasteiger partial charge in [0, 0.05) is 5.56 Å². The number of anilines is 2. The normalized spacial score (nSPS) is 10.3. The molecule has 0 aliphatic rings. The molecule has 0 fully saturated rings. The van der Waals surface area contributed by atoms with E-state index in [1.54, 1.807) is 12.1 Å². The third kappa shape index (κ3) is 3.03. The fourth-order valence-electron chi connectivity index (χ4n) is 1.58. The number of carbonyl (C=O) groups excluding carboxylic acids is 1. The van der Waals surface area contributed by atoms with Crippen LogP contribution in [0.25, 0.3) is 0 Å². The third-order valence-electron chi connectivity index (χ3n) is 2.64. The van der Waals surface area contributed by atoms with Gasteiger partial charge in [-0.15, -0.1) is 0 Å². The average molecular weight is 279 g/mol. The van der Waals surface area contributed by atoms with Crippen LogP contribution in [0.1, 0.15) is 15.9 Å². The number of hydrogen-bond donors (Lipinski definition) is 2. The predicted molar refractivity (Wildman–Crippen MR) is 75.0 cm³/mol. The third-order valence-corrected chi connectivity index (χ3v) is 2.95. The summed E-state index contributed by atoms with van der Waals surface area (Å²) in [5.74, 6) is -1.06. The molecule has 0 saturated heterocycles. The lowest BCUT2D eigenvalue weighted by molar-refractivity contribution is 0.102. The van der Waals surface area contributed by atoms with Gasteiger partial charge in [0.2, 0.25) is 0 Å². The van der Waals surface area contributed by atoms with Crippen molar-refractivity contribution < 1.29 is 9.18 Å². The Balaban J connectivity index is 2.23. The first kappa shape index (κ1) is 13.4. The van der Waals surface area contributed by atoms with Gasteiger partial charge in [-0.2, -0.15) is 0 Å². The molecule has 2 rings (SSSR count). The molecule has 1 amide bonds. The monoisotopic (exact) mass is 278 g/mol. The maximum Gasteiger partial charge on any atom is 0.255 e. The molecular formula is C14H12ClFN2O. The summed E-state index contributed by atoms with van der Waals surface area (Å²) in [5.41, 5.74) is 7.01. The number of carbonyl (C=O) groups is 1. The summed E-state index contributed by atoms with van der Waals surface area (Å²) in [5, 5.41) is 3.06. The van der Waals surface area contributed by atoms with Gasteiger partial charge in [0.15, 0.2) is 0 Å². The molecule has 0 aromatic heterocycles. The molecule has 3 N–H and O–H groups in total. The molecule has 2 aromatic carbocycles. The lowest BCUT2D eigenvalue weighted by Gasteiger charge is -2.08. The van der Waals surface area contributed by atoms with E-state index < -0.39 is 11.7 Å². The quantitative estimate of drug-likeness (QED) is 0.824. The van der Waals surface area contributed by atoms with E-state index in [4.69, 9.17) is 17.3 Å². The fourth-order valence-corrected chi connectivity index (χ4v) is 1.87. The summed E-state index contributed by atoms with van der Waals surface area (Å²) >= 11 is 6.01. The van der Waals surface area contributed by atoms with E-state index in [0.29, 0.717) is 10.7 Å². The van der Waals surface area contributed by atoms with E-state index in [1.807, 2.05) is 13.0 Å². The summed E-state index contributed by atoms with van der Waals surface area (Å²) < 4.78 is 13.3. The minimum absolute atomic E-state index is 0.00455. The second-order valence-corrected chi connectivity index (χ2v) is 4.58. The first-order valence-electron chi connectivity index (χ1n) is 5.60. The number of benzene rings is 2. The first-order valence-corrected chi connectivity index (χ1v) is 5.97. The number of halogens is 2. The van der Waals surface area contributed by atoms with E-state index >= 15 is 0 Å². The van der Waals surface area contributed by atoms with Crippen LogP contribution in [0.15, 0.2) is 36.4 Å². The van der Waals surface area contributed by atoms with E-state index in [2.05, 4.69) is 5.32 Å². The molecule has 0 radical (unpaired) electrons. The van der Waals surface area contributed by atoms with Crippen LogP contribution in [-0.4, -0.2) is 5.91 Å². The standard InChI is InChI=1S/C14H12ClFN2O/c1-8-2-5-13(10(15)6-8)18-14(19)9-3-4-12(17)11(16)7-9/h2-7H,17H2,1H3,(H,18,19). The Morgan fingerprint density at radius 2 is 2.00 bits per heavy atom. The smallest absolute Gasteiger partial charge is 0.255 e. The second kappa shape index (κ2) is 5.28. The summed E-state index contributed by atoms with van der Waals surface area (Å²) in [6.07, 6.45) is 0. The number of nitrogens with one attached hydrogen (secondary N) is 1. The van der Waals surface area contributed by atoms with Crippen molar-refractivity contribution in [2.24, 2.45) is 0 Å². The predicted octanol–water partition coefficient (Wildman–Crippen LogP) is 3.62. The van der Waals surface area contributed by atoms with Crippen molar-refractivity contribution in [2.75, 3.05) is 11.1 Å². The molecule has 0 atom stereocenters. The largest absolute Gasteiger partial charge is 0.396 e. The number of aryl methyl sites for hydroxylation is 1. The van der Waals surface area contributed by atoms with Crippen LogP contribution in [0.4, 0.5) is 15.8 Å². The van der Waals surface area contributed by atoms with Crippen LogP contribution in [-0.2, 0) is 0 Å². The van der Waals surface area contributed by atoms with Crippen molar-refractivity contribution in [2.45, 2.75) is 6.92 Å². The number of nitrogens with two attached hydrogens (primary N) is 1. The molecule has 0 heterocycles. The molecule has 0 bridgehead atoms. The van der Waals surface area contributed by atoms with Crippen LogP contribution < -0.4 is 11.1 Å². The molecule has 98 valence electrons. The molecular weight excluding hydrogens is 267 g/mol. The Bertz CT molecular complexity index is 643. The highest BCUT2D eigenvalue weighted by molar-refractivity contribution is 6.34. The fraction of sp³-hybridized carbons (Fsp3) is 0.0714. The van der Waals surface area contributed by atoms with Gasteiger partial charge < -0.3 is 11.1 Å². The molecule has 3 nitrogen and oxygen atoms in total. The zero-order valence-electron chi connectivity index (χ0n) is 10.2. The highest BCUT2D eigenvalue weighted by Gasteiger charge is 2.10. The maximum atomic E-state index is 13.3. The summed E-state index contributed by atoms with van der Waals surface area (Å²) in [6, 6.07) is 9.15. The van der Waals surface area contributed by atoms with Crippen LogP contribution in [0.3, 0.4) is 0 Å². The maximum absolute atomic E-state index is 13.3. The summed E-state index contributed by atoms with van der Waals surface area (Å²) in [6.45, 7) is 1.90. The Morgan fingerprint density at radius 3 is 2.63 bits per heavy atom. The van der Waals surface area contributed by atoms with Gasteiger partial charge in [0.25, 0.3) is 5.91 Å². The van der Waals surface area contributed by atoms with Gasteiger partial charge in [-0.1, -0.05) is 17.7 Å². The Kier molecular flexibility index (Phi) is 3.71. The first-order chi connectivity index (χ1) is 8.97. The molecule has 0 unspecified atom stereocenters. The minimum Gasteiger partial charge on any atom is -0.396 e. The van der Waals surface area contributed by atoms with Crippen LogP contribution in [0, 0.1) is 12.7 Å². The minimum atomic E-state index is -0.623. The Hall–Kier alpha value is -2.07. The van der Waals surface area contributed by atoms with Gasteiger partial charge in [-0.25, -0.2) is 4.39 Å². The Labute approximate surface area is 115 Å². The van der Waals surface area contributed by atoms with Gasteiger partial charge >= 0.3 is 0 Å². The molecule has 2 aromatic rings. The van der Waals surface area contributed by atoms with E-state index in [1.165, 1.54) is 12.1 Å². The summed E-state index contributed by atoms with van der Waals surface area (Å²) in [4.78, 5) is 11.9. The SMILES string of the molecule is Cc1ccc(NC(=O)c2ccc(N)c(F)c2)c(Cl)c1. The van der Waals surface area contributed by atoms with Crippen molar-refractivity contribution in [1.82, 2.24) is 0 Å². The van der Waals surface area contributed by atoms with E-state index in [0.717, 1.165) is 11.6 Å². The lowest BCUT2D eigenvalue weighted by Crippen LogP contribution is -2.12. The average Bonchev–Trinajstić information content (AvgIpc) is 2.36. The van der Waals surface area contributed by atoms with Crippen LogP contribution in [0.2, 0.25) is 5.02 Å². The topological polar surface area (TPSA) is 55.1 Å². The Morgan fingerprint density at radius 1 is 1.26 bits per heavy atom. The van der Waals surface area contributed by atoms with Crippen molar-refractivity contribution in [3.05, 3.63) is 58.4 Å². The van der Waals surface area contributed by atoms with Gasteiger partial charge in [-0.3, -0.25) is 4.79 Å². The lowest BCUT2D eigenvalue weighted by atomic mass is 10.1. The number of nitrogen functional groups attached to an aromatic ring is 1. The van der Waals surface area contributed by atoms with Crippen molar-refractivity contribution in [3.8, 4) is 0 Å². The molecule has 19 heavy (non-hydrogen) atoms. The molecule has 0 saturated carbocycles. The zero-order valence-corrected chi connectivity index (χ0v) is 11.0. The molecule has 5 heteroatoms. The zero-order chi connectivity index (χ0) is 14.0. The van der Waals surface area contributed by atoms with Crippen LogP contribution >= 0.6 is 11.6 Å². The molecule has 0 aliphatic heterocycles. The van der Waals surface area contributed by atoms with Gasteiger partial charge in [-0.05, 0) is 42.8 Å². The number of hydrogen-bond acceptors (Lipinski definition) is 2. The number of amides is 1. The molecule has 0 spiro atoms. The van der Waals surface area contributed by atoms with Crippen molar-refractivity contribution in [3.63, 3.8) is 0 Å². The number of rotatable bonds is 2. The van der Waals surface area contributed by atoms with Crippen molar-refractivity contribution >= 4 is 28.9 Å². The van der Waals surface area contributed by atoms with Crippen molar-refractivity contribution in [1.29, 1.82) is 0 Å². The summed E-state index contributed by atoms with van der Waals surface area (Å²) in [7, 11) is 0. The highest BCUT2D eigenvalue weighted by Crippen LogP contribution is 2.23. The highest BCUT2D eigenvalue weighted by atomic mass is 35.5. The van der Waals surface area contributed by atoms with Gasteiger partial charge in [0.1, 0.15) is 5.82 Å². The van der Waals surface area contributed by atoms with Gasteiger partial charge in [0.05, 0.1) is 16.4 Å². The van der Waals surface area contributed by atoms with E-state index in [-0.39, 0.29) is 11.3 Å². The van der Waals surface area contributed by atoms with E-state index in [9.17, 15) is 9.18 Å². The second-order valence-electron chi connectivity index (χ2n) is 4.17.